The number of anilines is 1. The lowest BCUT2D eigenvalue weighted by Gasteiger charge is -2.35. The van der Waals surface area contributed by atoms with E-state index in [1.54, 1.807) is 6.20 Å². The molecule has 6 nitrogen and oxygen atoms in total. The Morgan fingerprint density at radius 3 is 2.45 bits per heavy atom. The molecule has 1 aliphatic heterocycles. The number of carbonyl (C=O) groups excluding carboxylic acids is 2. The third kappa shape index (κ3) is 5.99. The van der Waals surface area contributed by atoms with Crippen molar-refractivity contribution in [3.63, 3.8) is 0 Å². The first-order chi connectivity index (χ1) is 16.1. The normalized spacial score (nSPS) is 13.7. The molecule has 7 heteroatoms. The molecule has 1 saturated heterocycles. The molecule has 3 heterocycles. The van der Waals surface area contributed by atoms with Crippen LogP contribution in [0.1, 0.15) is 44.0 Å². The van der Waals surface area contributed by atoms with Crippen LogP contribution < -0.4 is 10.2 Å². The molecule has 0 spiro atoms. The van der Waals surface area contributed by atoms with Gasteiger partial charge in [0.05, 0.1) is 10.4 Å². The molecule has 0 aliphatic carbocycles. The second kappa shape index (κ2) is 11.1. The average molecular weight is 463 g/mol. The van der Waals surface area contributed by atoms with Crippen LogP contribution in [0.4, 0.5) is 5.82 Å². The van der Waals surface area contributed by atoms with Crippen molar-refractivity contribution in [2.24, 2.45) is 0 Å². The van der Waals surface area contributed by atoms with Crippen molar-refractivity contribution in [2.45, 2.75) is 26.2 Å². The molecule has 33 heavy (non-hydrogen) atoms. The van der Waals surface area contributed by atoms with Crippen LogP contribution in [0.2, 0.25) is 0 Å². The third-order valence-corrected chi connectivity index (χ3v) is 6.98. The molecule has 0 unspecified atom stereocenters. The molecule has 0 radical (unpaired) electrons. The fourth-order valence-corrected chi connectivity index (χ4v) is 4.88. The Kier molecular flexibility index (Phi) is 7.73. The lowest BCUT2D eigenvalue weighted by atomic mass is 10.1. The van der Waals surface area contributed by atoms with Crippen LogP contribution in [0.5, 0.6) is 0 Å². The lowest BCUT2D eigenvalue weighted by Crippen LogP contribution is -2.49. The van der Waals surface area contributed by atoms with E-state index in [0.717, 1.165) is 48.6 Å². The Hall–Kier alpha value is -3.19. The molecular formula is C26H30N4O2S. The molecule has 2 aromatic heterocycles. The maximum absolute atomic E-state index is 12.7. The molecule has 2 amide bonds. The van der Waals surface area contributed by atoms with Crippen molar-refractivity contribution >= 4 is 29.0 Å². The van der Waals surface area contributed by atoms with Gasteiger partial charge in [-0.1, -0.05) is 30.3 Å². The number of carbonyl (C=O) groups is 2. The SMILES string of the molecule is Cc1ccsc1C(=O)N1CCN(c2ccc(C(=O)NCCCCc3ccccc3)cn2)CC1. The quantitative estimate of drug-likeness (QED) is 0.511. The molecule has 1 fully saturated rings. The largest absolute Gasteiger partial charge is 0.353 e. The van der Waals surface area contributed by atoms with Crippen molar-refractivity contribution in [1.29, 1.82) is 0 Å². The van der Waals surface area contributed by atoms with Crippen LogP contribution in [0.25, 0.3) is 0 Å². The maximum atomic E-state index is 12.7. The van der Waals surface area contributed by atoms with E-state index >= 15 is 0 Å². The van der Waals surface area contributed by atoms with Gasteiger partial charge < -0.3 is 15.1 Å². The third-order valence-electron chi connectivity index (χ3n) is 5.98. The van der Waals surface area contributed by atoms with E-state index in [4.69, 9.17) is 0 Å². The van der Waals surface area contributed by atoms with Gasteiger partial charge in [0.25, 0.3) is 11.8 Å². The van der Waals surface area contributed by atoms with Crippen LogP contribution >= 0.6 is 11.3 Å². The summed E-state index contributed by atoms with van der Waals surface area (Å²) >= 11 is 1.50. The molecule has 1 aromatic carbocycles. The number of thiophene rings is 1. The number of nitrogens with zero attached hydrogens (tertiary/aromatic N) is 3. The molecule has 0 saturated carbocycles. The summed E-state index contributed by atoms with van der Waals surface area (Å²) in [7, 11) is 0. The molecule has 0 bridgehead atoms. The number of amides is 2. The van der Waals surface area contributed by atoms with Crippen molar-refractivity contribution < 1.29 is 9.59 Å². The Morgan fingerprint density at radius 1 is 1.00 bits per heavy atom. The monoisotopic (exact) mass is 462 g/mol. The van der Waals surface area contributed by atoms with Crippen LogP contribution in [-0.4, -0.2) is 54.4 Å². The van der Waals surface area contributed by atoms with E-state index in [-0.39, 0.29) is 11.8 Å². The molecule has 4 rings (SSSR count). The second-order valence-corrected chi connectivity index (χ2v) is 9.23. The standard InChI is InChI=1S/C26H30N4O2S/c1-20-12-18-33-24(20)26(32)30-16-14-29(15-17-30)23-11-10-22(19-28-23)25(31)27-13-6-5-9-21-7-3-2-4-8-21/h2-4,7-8,10-12,18-19H,5-6,9,13-17H2,1H3,(H,27,31). The first kappa shape index (κ1) is 23.0. The highest BCUT2D eigenvalue weighted by atomic mass is 32.1. The zero-order chi connectivity index (χ0) is 23.0. The number of piperazine rings is 1. The van der Waals surface area contributed by atoms with Crippen LogP contribution in [0, 0.1) is 6.92 Å². The van der Waals surface area contributed by atoms with Gasteiger partial charge in [0, 0.05) is 38.9 Å². The van der Waals surface area contributed by atoms with E-state index in [0.29, 0.717) is 25.2 Å². The highest BCUT2D eigenvalue weighted by Gasteiger charge is 2.24. The summed E-state index contributed by atoms with van der Waals surface area (Å²) in [6, 6.07) is 16.1. The number of benzene rings is 1. The summed E-state index contributed by atoms with van der Waals surface area (Å²) in [5.41, 5.74) is 2.94. The first-order valence-electron chi connectivity index (χ1n) is 11.5. The minimum absolute atomic E-state index is 0.0875. The van der Waals surface area contributed by atoms with E-state index in [9.17, 15) is 9.59 Å². The van der Waals surface area contributed by atoms with Crippen LogP contribution in [0.3, 0.4) is 0 Å². The Morgan fingerprint density at radius 2 is 1.79 bits per heavy atom. The molecular weight excluding hydrogens is 432 g/mol. The summed E-state index contributed by atoms with van der Waals surface area (Å²) in [5.74, 6) is 0.871. The molecule has 172 valence electrons. The Balaban J connectivity index is 1.20. The fourth-order valence-electron chi connectivity index (χ4n) is 3.98. The lowest BCUT2D eigenvalue weighted by molar-refractivity contribution is 0.0750. The van der Waals surface area contributed by atoms with E-state index < -0.39 is 0 Å². The van der Waals surface area contributed by atoms with Crippen molar-refractivity contribution in [2.75, 3.05) is 37.6 Å². The van der Waals surface area contributed by atoms with Gasteiger partial charge >= 0.3 is 0 Å². The highest BCUT2D eigenvalue weighted by Crippen LogP contribution is 2.20. The smallest absolute Gasteiger partial charge is 0.264 e. The van der Waals surface area contributed by atoms with Crippen molar-refractivity contribution in [1.82, 2.24) is 15.2 Å². The van der Waals surface area contributed by atoms with Crippen molar-refractivity contribution in [3.8, 4) is 0 Å². The molecule has 3 aromatic rings. The Bertz CT molecular complexity index is 1060. The summed E-state index contributed by atoms with van der Waals surface area (Å²) < 4.78 is 0. The van der Waals surface area contributed by atoms with E-state index in [2.05, 4.69) is 39.5 Å². The predicted octanol–water partition coefficient (Wildman–Crippen LogP) is 4.17. The first-order valence-corrected chi connectivity index (χ1v) is 12.4. The fraction of sp³-hybridized carbons (Fsp3) is 0.346. The average Bonchev–Trinajstić information content (AvgIpc) is 3.30. The minimum Gasteiger partial charge on any atom is -0.353 e. The second-order valence-electron chi connectivity index (χ2n) is 8.32. The van der Waals surface area contributed by atoms with Crippen LogP contribution in [0.15, 0.2) is 60.1 Å². The van der Waals surface area contributed by atoms with Gasteiger partial charge in [0.15, 0.2) is 0 Å². The summed E-state index contributed by atoms with van der Waals surface area (Å²) in [5, 5.41) is 4.95. The number of hydrogen-bond acceptors (Lipinski definition) is 5. The number of nitrogens with one attached hydrogen (secondary N) is 1. The summed E-state index contributed by atoms with van der Waals surface area (Å²) in [6.07, 6.45) is 4.65. The van der Waals surface area contributed by atoms with Crippen molar-refractivity contribution in [3.05, 3.63) is 81.7 Å². The van der Waals surface area contributed by atoms with E-state index in [1.165, 1.54) is 16.9 Å². The number of unbranched alkanes of at least 4 members (excludes halogenated alkanes) is 1. The number of pyridine rings is 1. The van der Waals surface area contributed by atoms with E-state index in [1.807, 2.05) is 41.5 Å². The number of hydrogen-bond donors (Lipinski definition) is 1. The van der Waals surface area contributed by atoms with Gasteiger partial charge in [0.1, 0.15) is 5.82 Å². The number of aryl methyl sites for hydroxylation is 2. The number of rotatable bonds is 8. The van der Waals surface area contributed by atoms with Crippen LogP contribution in [-0.2, 0) is 6.42 Å². The van der Waals surface area contributed by atoms with Gasteiger partial charge in [-0.3, -0.25) is 9.59 Å². The zero-order valence-electron chi connectivity index (χ0n) is 19.0. The Labute approximate surface area is 199 Å². The van der Waals surface area contributed by atoms with Gasteiger partial charge in [-0.05, 0) is 60.9 Å². The summed E-state index contributed by atoms with van der Waals surface area (Å²) in [4.78, 5) is 34.5. The molecule has 1 N–H and O–H groups in total. The van der Waals surface area contributed by atoms with Gasteiger partial charge in [0.2, 0.25) is 0 Å². The number of aromatic nitrogens is 1. The van der Waals surface area contributed by atoms with Gasteiger partial charge in [-0.25, -0.2) is 4.98 Å². The van der Waals surface area contributed by atoms with Gasteiger partial charge in [-0.2, -0.15) is 0 Å². The zero-order valence-corrected chi connectivity index (χ0v) is 19.8. The topological polar surface area (TPSA) is 65.5 Å². The predicted molar refractivity (Wildman–Crippen MR) is 133 cm³/mol. The molecule has 1 aliphatic rings. The highest BCUT2D eigenvalue weighted by molar-refractivity contribution is 7.12. The molecule has 0 atom stereocenters. The van der Waals surface area contributed by atoms with Gasteiger partial charge in [-0.15, -0.1) is 11.3 Å². The maximum Gasteiger partial charge on any atom is 0.264 e. The summed E-state index contributed by atoms with van der Waals surface area (Å²) in [6.45, 7) is 5.44. The minimum atomic E-state index is -0.0875.